The summed E-state index contributed by atoms with van der Waals surface area (Å²) in [5.74, 6) is 0.268. The Kier molecular flexibility index (Phi) is 6.74. The van der Waals surface area contributed by atoms with Gasteiger partial charge in [-0.2, -0.15) is 0 Å². The van der Waals surface area contributed by atoms with Gasteiger partial charge in [-0.15, -0.1) is 0 Å². The lowest BCUT2D eigenvalue weighted by Crippen LogP contribution is -2.53. The zero-order chi connectivity index (χ0) is 20.8. The number of nitrogens with zero attached hydrogens (tertiary/aromatic N) is 4. The summed E-state index contributed by atoms with van der Waals surface area (Å²) in [7, 11) is 0. The second-order valence-corrected chi connectivity index (χ2v) is 8.26. The van der Waals surface area contributed by atoms with Gasteiger partial charge in [0.1, 0.15) is 0 Å². The number of aromatic nitrogens is 1. The van der Waals surface area contributed by atoms with Crippen LogP contribution in [0.5, 0.6) is 0 Å². The van der Waals surface area contributed by atoms with Crippen LogP contribution < -0.4 is 0 Å². The minimum atomic E-state index is -0.0687. The largest absolute Gasteiger partial charge is 0.342 e. The van der Waals surface area contributed by atoms with Crippen LogP contribution >= 0.6 is 0 Å². The monoisotopic (exact) mass is 406 g/mol. The Balaban J connectivity index is 1.27. The summed E-state index contributed by atoms with van der Waals surface area (Å²) in [6, 6.07) is 15.8. The number of amides is 2. The van der Waals surface area contributed by atoms with E-state index in [0.717, 1.165) is 63.4 Å². The molecule has 2 aliphatic heterocycles. The number of piperidine rings is 1. The number of carbonyl (C=O) groups is 2. The highest BCUT2D eigenvalue weighted by Crippen LogP contribution is 2.21. The van der Waals surface area contributed by atoms with Gasteiger partial charge in [-0.3, -0.25) is 19.5 Å². The van der Waals surface area contributed by atoms with Gasteiger partial charge in [0.2, 0.25) is 11.8 Å². The Labute approximate surface area is 178 Å². The minimum absolute atomic E-state index is 0.0687. The molecular weight excluding hydrogens is 376 g/mol. The lowest BCUT2D eigenvalue weighted by Gasteiger charge is -2.39. The van der Waals surface area contributed by atoms with Crippen molar-refractivity contribution >= 4 is 11.8 Å². The molecule has 4 rings (SSSR count). The SMILES string of the molecule is O=C(Cc1ccccc1)N1CCCC(C(=O)N2CCN(Cc3ccccn3)CC2)C1. The molecule has 158 valence electrons. The Morgan fingerprint density at radius 2 is 1.67 bits per heavy atom. The highest BCUT2D eigenvalue weighted by Gasteiger charge is 2.32. The molecule has 0 radical (unpaired) electrons. The first kappa shape index (κ1) is 20.5. The van der Waals surface area contributed by atoms with Crippen LogP contribution in [0.25, 0.3) is 0 Å². The normalized spacial score (nSPS) is 20.2. The van der Waals surface area contributed by atoms with E-state index in [1.54, 1.807) is 0 Å². The molecular formula is C24H30N4O2. The van der Waals surface area contributed by atoms with Crippen molar-refractivity contribution in [3.05, 3.63) is 66.0 Å². The lowest BCUT2D eigenvalue weighted by molar-refractivity contribution is -0.142. The molecule has 2 saturated heterocycles. The molecule has 0 bridgehead atoms. The molecule has 1 atom stereocenters. The maximum absolute atomic E-state index is 13.1. The van der Waals surface area contributed by atoms with Gasteiger partial charge in [-0.05, 0) is 30.5 Å². The molecule has 2 aliphatic rings. The molecule has 6 nitrogen and oxygen atoms in total. The second-order valence-electron chi connectivity index (χ2n) is 8.26. The zero-order valence-corrected chi connectivity index (χ0v) is 17.4. The molecule has 2 aromatic rings. The van der Waals surface area contributed by atoms with Crippen molar-refractivity contribution in [1.29, 1.82) is 0 Å². The molecule has 0 aliphatic carbocycles. The summed E-state index contributed by atoms with van der Waals surface area (Å²) in [4.78, 5) is 36.4. The number of likely N-dealkylation sites (tertiary alicyclic amines) is 1. The molecule has 1 aromatic heterocycles. The summed E-state index contributed by atoms with van der Waals surface area (Å²) < 4.78 is 0. The van der Waals surface area contributed by atoms with E-state index in [1.807, 2.05) is 64.5 Å². The van der Waals surface area contributed by atoms with E-state index >= 15 is 0 Å². The number of rotatable bonds is 5. The fourth-order valence-corrected chi connectivity index (χ4v) is 4.39. The number of piperazine rings is 1. The van der Waals surface area contributed by atoms with Crippen LogP contribution in [0.15, 0.2) is 54.7 Å². The van der Waals surface area contributed by atoms with E-state index in [9.17, 15) is 9.59 Å². The third kappa shape index (κ3) is 5.25. The quantitative estimate of drug-likeness (QED) is 0.764. The van der Waals surface area contributed by atoms with Crippen LogP contribution in [0.3, 0.4) is 0 Å². The molecule has 1 unspecified atom stereocenters. The Morgan fingerprint density at radius 3 is 2.40 bits per heavy atom. The van der Waals surface area contributed by atoms with Gasteiger partial charge in [0.25, 0.3) is 0 Å². The summed E-state index contributed by atoms with van der Waals surface area (Å²) in [6.45, 7) is 5.37. The van der Waals surface area contributed by atoms with Crippen molar-refractivity contribution in [2.24, 2.45) is 5.92 Å². The first-order chi connectivity index (χ1) is 14.7. The molecule has 3 heterocycles. The molecule has 2 fully saturated rings. The van der Waals surface area contributed by atoms with Gasteiger partial charge in [0.15, 0.2) is 0 Å². The van der Waals surface area contributed by atoms with E-state index in [-0.39, 0.29) is 17.7 Å². The molecule has 0 N–H and O–H groups in total. The molecule has 0 spiro atoms. The van der Waals surface area contributed by atoms with Crippen molar-refractivity contribution < 1.29 is 9.59 Å². The molecule has 2 amide bonds. The topological polar surface area (TPSA) is 56.8 Å². The zero-order valence-electron chi connectivity index (χ0n) is 17.4. The average molecular weight is 407 g/mol. The lowest BCUT2D eigenvalue weighted by atomic mass is 9.95. The molecule has 1 aromatic carbocycles. The summed E-state index contributed by atoms with van der Waals surface area (Å²) in [5, 5.41) is 0. The third-order valence-electron chi connectivity index (χ3n) is 6.12. The smallest absolute Gasteiger partial charge is 0.227 e. The first-order valence-electron chi connectivity index (χ1n) is 10.9. The number of pyridine rings is 1. The Morgan fingerprint density at radius 1 is 0.900 bits per heavy atom. The summed E-state index contributed by atoms with van der Waals surface area (Å²) in [5.41, 5.74) is 2.09. The first-order valence-corrected chi connectivity index (χ1v) is 10.9. The van der Waals surface area contributed by atoms with E-state index < -0.39 is 0 Å². The number of carbonyl (C=O) groups excluding carboxylic acids is 2. The third-order valence-corrected chi connectivity index (χ3v) is 6.12. The van der Waals surface area contributed by atoms with Gasteiger partial charge in [-0.25, -0.2) is 0 Å². The van der Waals surface area contributed by atoms with Crippen molar-refractivity contribution in [2.75, 3.05) is 39.3 Å². The van der Waals surface area contributed by atoms with E-state index in [4.69, 9.17) is 0 Å². The average Bonchev–Trinajstić information content (AvgIpc) is 2.80. The fourth-order valence-electron chi connectivity index (χ4n) is 4.39. The van der Waals surface area contributed by atoms with Gasteiger partial charge in [-0.1, -0.05) is 36.4 Å². The van der Waals surface area contributed by atoms with Crippen LogP contribution in [0.2, 0.25) is 0 Å². The van der Waals surface area contributed by atoms with Crippen molar-refractivity contribution in [1.82, 2.24) is 19.7 Å². The maximum atomic E-state index is 13.1. The number of hydrogen-bond acceptors (Lipinski definition) is 4. The maximum Gasteiger partial charge on any atom is 0.227 e. The van der Waals surface area contributed by atoms with Crippen molar-refractivity contribution in [2.45, 2.75) is 25.8 Å². The van der Waals surface area contributed by atoms with Gasteiger partial charge in [0.05, 0.1) is 18.0 Å². The van der Waals surface area contributed by atoms with E-state index in [2.05, 4.69) is 9.88 Å². The number of hydrogen-bond donors (Lipinski definition) is 0. The van der Waals surface area contributed by atoms with Gasteiger partial charge >= 0.3 is 0 Å². The Hall–Kier alpha value is -2.73. The van der Waals surface area contributed by atoms with E-state index in [1.165, 1.54) is 0 Å². The van der Waals surface area contributed by atoms with Gasteiger partial charge in [0, 0.05) is 52.0 Å². The fraction of sp³-hybridized carbons (Fsp3) is 0.458. The van der Waals surface area contributed by atoms with Crippen molar-refractivity contribution in [3.63, 3.8) is 0 Å². The predicted octanol–water partition coefficient (Wildman–Crippen LogP) is 2.21. The highest BCUT2D eigenvalue weighted by molar-refractivity contribution is 5.82. The summed E-state index contributed by atoms with van der Waals surface area (Å²) in [6.07, 6.45) is 4.01. The molecule has 0 saturated carbocycles. The van der Waals surface area contributed by atoms with Crippen LogP contribution in [-0.4, -0.2) is 70.8 Å². The highest BCUT2D eigenvalue weighted by atomic mass is 16.2. The van der Waals surface area contributed by atoms with Crippen LogP contribution in [0, 0.1) is 5.92 Å². The van der Waals surface area contributed by atoms with Crippen LogP contribution in [-0.2, 0) is 22.6 Å². The van der Waals surface area contributed by atoms with E-state index in [0.29, 0.717) is 13.0 Å². The molecule has 6 heteroatoms. The van der Waals surface area contributed by atoms with Crippen LogP contribution in [0.1, 0.15) is 24.1 Å². The molecule has 30 heavy (non-hydrogen) atoms. The summed E-state index contributed by atoms with van der Waals surface area (Å²) >= 11 is 0. The van der Waals surface area contributed by atoms with Gasteiger partial charge < -0.3 is 9.80 Å². The number of benzene rings is 1. The Bertz CT molecular complexity index is 835. The standard InChI is InChI=1S/C24H30N4O2/c29-23(17-20-7-2-1-3-8-20)28-12-6-9-21(18-28)24(30)27-15-13-26(14-16-27)19-22-10-4-5-11-25-22/h1-5,7-8,10-11,21H,6,9,12-19H2. The second kappa shape index (κ2) is 9.85. The van der Waals surface area contributed by atoms with Crippen LogP contribution in [0.4, 0.5) is 0 Å². The predicted molar refractivity (Wildman–Crippen MR) is 116 cm³/mol. The minimum Gasteiger partial charge on any atom is -0.342 e. The van der Waals surface area contributed by atoms with Crippen molar-refractivity contribution in [3.8, 4) is 0 Å².